The molecule has 0 aliphatic heterocycles. The summed E-state index contributed by atoms with van der Waals surface area (Å²) in [7, 11) is 4.88. The minimum absolute atomic E-state index is 0. The van der Waals surface area contributed by atoms with Gasteiger partial charge < -0.3 is 29.3 Å². The van der Waals surface area contributed by atoms with Gasteiger partial charge in [0.25, 0.3) is 0 Å². The molecule has 0 saturated heterocycles. The average molecular weight is 377 g/mol. The zero-order valence-electron chi connectivity index (χ0n) is 15.7. The Morgan fingerprint density at radius 1 is 0.885 bits per heavy atom. The fourth-order valence-corrected chi connectivity index (χ4v) is 1.98. The van der Waals surface area contributed by atoms with Gasteiger partial charge in [-0.1, -0.05) is 7.43 Å². The first-order valence-corrected chi connectivity index (χ1v) is 8.21. The third-order valence-corrected chi connectivity index (χ3v) is 3.33. The molecule has 0 aromatic rings. The van der Waals surface area contributed by atoms with Gasteiger partial charge in [-0.3, -0.25) is 14.4 Å². The van der Waals surface area contributed by atoms with Crippen molar-refractivity contribution >= 4 is 17.6 Å². The molecule has 0 atom stereocenters. The van der Waals surface area contributed by atoms with Crippen LogP contribution in [-0.2, 0) is 28.6 Å². The maximum atomic E-state index is 12.2. The first-order valence-electron chi connectivity index (χ1n) is 8.21. The number of methoxy groups -OCH3 is 2. The molecule has 0 unspecified atom stereocenters. The molecular formula is C17H35N3O6. The lowest BCUT2D eigenvalue weighted by Gasteiger charge is -2.23. The van der Waals surface area contributed by atoms with E-state index in [1.165, 1.54) is 11.8 Å². The summed E-state index contributed by atoms with van der Waals surface area (Å²) < 4.78 is 15.2. The Morgan fingerprint density at radius 3 is 1.81 bits per heavy atom. The molecule has 1 N–H and O–H groups in total. The highest BCUT2D eigenvalue weighted by Gasteiger charge is 2.17. The lowest BCUT2D eigenvalue weighted by molar-refractivity contribution is -0.144. The summed E-state index contributed by atoms with van der Waals surface area (Å²) in [4.78, 5) is 38.5. The molecule has 0 saturated carbocycles. The van der Waals surface area contributed by atoms with Crippen molar-refractivity contribution in [2.24, 2.45) is 0 Å². The van der Waals surface area contributed by atoms with Crippen molar-refractivity contribution in [3.8, 4) is 0 Å². The molecule has 0 bridgehead atoms. The van der Waals surface area contributed by atoms with E-state index in [2.05, 4.69) is 5.32 Å². The smallest absolute Gasteiger partial charge is 0.249 e. The van der Waals surface area contributed by atoms with Crippen molar-refractivity contribution in [2.45, 2.75) is 14.4 Å². The molecule has 0 aliphatic rings. The van der Waals surface area contributed by atoms with Crippen molar-refractivity contribution in [3.63, 3.8) is 0 Å². The highest BCUT2D eigenvalue weighted by atomic mass is 16.5. The number of nitrogens with one attached hydrogen (secondary N) is 1. The lowest BCUT2D eigenvalue weighted by Crippen LogP contribution is -2.42. The van der Waals surface area contributed by atoms with Crippen LogP contribution in [0.15, 0.2) is 0 Å². The molecule has 9 heteroatoms. The highest BCUT2D eigenvalue weighted by molar-refractivity contribution is 5.85. The van der Waals surface area contributed by atoms with E-state index in [9.17, 15) is 14.4 Å². The largest absolute Gasteiger partial charge is 0.383 e. The molecule has 0 aliphatic carbocycles. The van der Waals surface area contributed by atoms with Crippen LogP contribution >= 0.6 is 0 Å². The third kappa shape index (κ3) is 12.8. The number of ketones is 1. The number of nitrogens with zero attached hydrogens (tertiary/aromatic N) is 2. The maximum Gasteiger partial charge on any atom is 0.249 e. The SMILES string of the molecule is C.CNCCN(CC(C)=O)C(=O)COCC(=O)N(CCOC)CCOC. The van der Waals surface area contributed by atoms with Crippen LogP contribution in [0.4, 0.5) is 0 Å². The Morgan fingerprint density at radius 2 is 1.38 bits per heavy atom. The van der Waals surface area contributed by atoms with Gasteiger partial charge >= 0.3 is 0 Å². The van der Waals surface area contributed by atoms with E-state index < -0.39 is 0 Å². The quantitative estimate of drug-likeness (QED) is 0.407. The summed E-state index contributed by atoms with van der Waals surface area (Å²) in [6.07, 6.45) is 0. The van der Waals surface area contributed by atoms with Gasteiger partial charge in [-0.25, -0.2) is 0 Å². The number of ether oxygens (including phenoxy) is 3. The Labute approximate surface area is 156 Å². The second-order valence-electron chi connectivity index (χ2n) is 5.48. The van der Waals surface area contributed by atoms with Crippen LogP contribution in [-0.4, -0.2) is 108 Å². The fraction of sp³-hybridized carbons (Fsp3) is 0.824. The standard InChI is InChI=1S/C16H31N3O6.CH4/c1-14(20)11-19(6-5-17-2)16(22)13-25-12-15(21)18(7-9-23-3)8-10-24-4;/h17H,5-13H2,1-4H3;1H4. The van der Waals surface area contributed by atoms with Crippen LogP contribution in [0, 0.1) is 0 Å². The van der Waals surface area contributed by atoms with Gasteiger partial charge in [-0.2, -0.15) is 0 Å². The molecule has 0 aromatic carbocycles. The summed E-state index contributed by atoms with van der Waals surface area (Å²) in [6.45, 7) is 3.64. The van der Waals surface area contributed by atoms with Gasteiger partial charge in [-0.15, -0.1) is 0 Å². The summed E-state index contributed by atoms with van der Waals surface area (Å²) in [5, 5.41) is 2.92. The topological polar surface area (TPSA) is 97.4 Å². The number of carbonyl (C=O) groups excluding carboxylic acids is 3. The average Bonchev–Trinajstić information content (AvgIpc) is 2.58. The molecule has 0 spiro atoms. The summed E-state index contributed by atoms with van der Waals surface area (Å²) >= 11 is 0. The molecule has 26 heavy (non-hydrogen) atoms. The van der Waals surface area contributed by atoms with Gasteiger partial charge in [0, 0.05) is 40.4 Å². The minimum atomic E-state index is -0.321. The van der Waals surface area contributed by atoms with Crippen LogP contribution in [0.5, 0.6) is 0 Å². The molecule has 0 rings (SSSR count). The Kier molecular flexibility index (Phi) is 17.3. The zero-order valence-corrected chi connectivity index (χ0v) is 15.7. The van der Waals surface area contributed by atoms with Crippen molar-refractivity contribution in [1.29, 1.82) is 0 Å². The Bertz CT molecular complexity index is 398. The highest BCUT2D eigenvalue weighted by Crippen LogP contribution is 1.95. The molecule has 0 aromatic heterocycles. The first-order chi connectivity index (χ1) is 12.0. The predicted molar refractivity (Wildman–Crippen MR) is 99.1 cm³/mol. The Balaban J connectivity index is 0. The second-order valence-corrected chi connectivity index (χ2v) is 5.48. The normalized spacial score (nSPS) is 10.2. The zero-order chi connectivity index (χ0) is 19.1. The number of likely N-dealkylation sites (N-methyl/N-ethyl adjacent to an activating group) is 1. The van der Waals surface area contributed by atoms with E-state index in [0.29, 0.717) is 39.4 Å². The number of Topliss-reactive ketones (excluding diaryl/α,β-unsaturated/α-hetero) is 1. The number of hydrogen-bond acceptors (Lipinski definition) is 7. The van der Waals surface area contributed by atoms with E-state index in [0.717, 1.165) is 0 Å². The maximum absolute atomic E-state index is 12.2. The number of rotatable bonds is 15. The molecule has 0 heterocycles. The molecule has 0 radical (unpaired) electrons. The van der Waals surface area contributed by atoms with E-state index >= 15 is 0 Å². The van der Waals surface area contributed by atoms with Gasteiger partial charge in [-0.05, 0) is 14.0 Å². The van der Waals surface area contributed by atoms with Gasteiger partial charge in [0.15, 0.2) is 0 Å². The molecule has 2 amide bonds. The van der Waals surface area contributed by atoms with Crippen molar-refractivity contribution in [3.05, 3.63) is 0 Å². The van der Waals surface area contributed by atoms with Gasteiger partial charge in [0.05, 0.1) is 19.8 Å². The van der Waals surface area contributed by atoms with Crippen molar-refractivity contribution < 1.29 is 28.6 Å². The van der Waals surface area contributed by atoms with Crippen molar-refractivity contribution in [2.75, 3.05) is 80.4 Å². The van der Waals surface area contributed by atoms with Crippen LogP contribution in [0.25, 0.3) is 0 Å². The van der Waals surface area contributed by atoms with Crippen molar-refractivity contribution in [1.82, 2.24) is 15.1 Å². The monoisotopic (exact) mass is 377 g/mol. The van der Waals surface area contributed by atoms with Crippen LogP contribution in [0.3, 0.4) is 0 Å². The summed E-state index contributed by atoms with van der Waals surface area (Å²) in [5.41, 5.74) is 0. The second kappa shape index (κ2) is 16.9. The van der Waals surface area contributed by atoms with E-state index in [-0.39, 0.29) is 44.8 Å². The minimum Gasteiger partial charge on any atom is -0.383 e. The molecular weight excluding hydrogens is 342 g/mol. The van der Waals surface area contributed by atoms with Crippen LogP contribution < -0.4 is 5.32 Å². The molecule has 9 nitrogen and oxygen atoms in total. The number of hydrogen-bond donors (Lipinski definition) is 1. The predicted octanol–water partition coefficient (Wildman–Crippen LogP) is -0.602. The van der Waals surface area contributed by atoms with Crippen LogP contribution in [0.2, 0.25) is 0 Å². The third-order valence-electron chi connectivity index (χ3n) is 3.33. The van der Waals surface area contributed by atoms with E-state index in [1.54, 1.807) is 26.2 Å². The number of amides is 2. The summed E-state index contributed by atoms with van der Waals surface area (Å²) in [6, 6.07) is 0. The number of carbonyl (C=O) groups is 3. The van der Waals surface area contributed by atoms with Gasteiger partial charge in [0.1, 0.15) is 19.0 Å². The first kappa shape index (κ1) is 26.7. The van der Waals surface area contributed by atoms with Gasteiger partial charge in [0.2, 0.25) is 11.8 Å². The molecule has 0 fully saturated rings. The molecule has 154 valence electrons. The van der Waals surface area contributed by atoms with Crippen LogP contribution in [0.1, 0.15) is 14.4 Å². The summed E-state index contributed by atoms with van der Waals surface area (Å²) in [5.74, 6) is -0.667. The van der Waals surface area contributed by atoms with E-state index in [4.69, 9.17) is 14.2 Å². The van der Waals surface area contributed by atoms with E-state index in [1.807, 2.05) is 0 Å². The lowest BCUT2D eigenvalue weighted by atomic mass is 10.3. The Hall–Kier alpha value is -1.55. The fourth-order valence-electron chi connectivity index (χ4n) is 1.98.